The zero-order valence-electron chi connectivity index (χ0n) is 9.98. The largest absolute Gasteiger partial charge is 0.396 e. The average Bonchev–Trinajstić information content (AvgIpc) is 2.77. The number of para-hydroxylation sites is 1. The first-order chi connectivity index (χ1) is 9.16. The molecule has 0 unspecified atom stereocenters. The van der Waals surface area contributed by atoms with Crippen molar-refractivity contribution in [3.05, 3.63) is 64.8 Å². The van der Waals surface area contributed by atoms with E-state index in [1.165, 1.54) is 0 Å². The number of aromatic nitrogens is 1. The van der Waals surface area contributed by atoms with Gasteiger partial charge in [-0.15, -0.1) is 0 Å². The first-order valence-corrected chi connectivity index (χ1v) is 6.21. The van der Waals surface area contributed by atoms with Crippen LogP contribution in [0.3, 0.4) is 0 Å². The summed E-state index contributed by atoms with van der Waals surface area (Å²) in [6.45, 7) is 0. The first-order valence-electron chi connectivity index (χ1n) is 5.83. The van der Waals surface area contributed by atoms with Gasteiger partial charge in [0.1, 0.15) is 5.69 Å². The molecule has 19 heavy (non-hydrogen) atoms. The smallest absolute Gasteiger partial charge is 0.211 e. The van der Waals surface area contributed by atoms with Crippen LogP contribution in [-0.2, 0) is 0 Å². The van der Waals surface area contributed by atoms with Gasteiger partial charge in [-0.05, 0) is 30.3 Å². The van der Waals surface area contributed by atoms with Crippen molar-refractivity contribution in [1.82, 2.24) is 4.98 Å². The lowest BCUT2D eigenvalue weighted by molar-refractivity contribution is 0.103. The summed E-state index contributed by atoms with van der Waals surface area (Å²) in [4.78, 5) is 15.5. The summed E-state index contributed by atoms with van der Waals surface area (Å²) < 4.78 is 0. The highest BCUT2D eigenvalue weighted by molar-refractivity contribution is 6.30. The number of benzene rings is 2. The van der Waals surface area contributed by atoms with E-state index in [-0.39, 0.29) is 5.78 Å². The Bertz CT molecular complexity index is 759. The van der Waals surface area contributed by atoms with Crippen molar-refractivity contribution in [2.75, 3.05) is 5.73 Å². The number of H-pyrrole nitrogens is 1. The molecule has 0 aliphatic carbocycles. The lowest BCUT2D eigenvalue weighted by Gasteiger charge is -2.00. The fourth-order valence-electron chi connectivity index (χ4n) is 2.09. The molecule has 0 bridgehead atoms. The van der Waals surface area contributed by atoms with E-state index in [0.717, 1.165) is 10.9 Å². The minimum atomic E-state index is -0.134. The quantitative estimate of drug-likeness (QED) is 0.699. The third-order valence-corrected chi connectivity index (χ3v) is 3.33. The number of carbonyl (C=O) groups is 1. The molecule has 0 saturated heterocycles. The fourth-order valence-corrected chi connectivity index (χ4v) is 2.21. The minimum absolute atomic E-state index is 0.134. The summed E-state index contributed by atoms with van der Waals surface area (Å²) in [6, 6.07) is 14.3. The third kappa shape index (κ3) is 1.98. The molecule has 3 nitrogen and oxygen atoms in total. The standard InChI is InChI=1S/C15H11ClN2O/c16-10-7-5-9(6-8-10)15(19)14-13(17)11-3-1-2-4-12(11)18-14/h1-8,18H,17H2. The number of hydrogen-bond donors (Lipinski definition) is 2. The number of nitrogen functional groups attached to an aromatic ring is 1. The molecule has 0 aliphatic rings. The van der Waals surface area contributed by atoms with Gasteiger partial charge in [0.25, 0.3) is 0 Å². The van der Waals surface area contributed by atoms with Crippen LogP contribution in [0.4, 0.5) is 5.69 Å². The van der Waals surface area contributed by atoms with Gasteiger partial charge in [0.15, 0.2) is 0 Å². The molecule has 0 amide bonds. The van der Waals surface area contributed by atoms with Crippen molar-refractivity contribution >= 4 is 34.0 Å². The molecule has 2 aromatic carbocycles. The fraction of sp³-hybridized carbons (Fsp3) is 0. The maximum Gasteiger partial charge on any atom is 0.211 e. The number of rotatable bonds is 2. The van der Waals surface area contributed by atoms with Crippen LogP contribution in [0.2, 0.25) is 5.02 Å². The highest BCUT2D eigenvalue weighted by Gasteiger charge is 2.16. The van der Waals surface area contributed by atoms with Gasteiger partial charge in [-0.1, -0.05) is 29.8 Å². The second-order valence-corrected chi connectivity index (χ2v) is 4.73. The van der Waals surface area contributed by atoms with Crippen molar-refractivity contribution in [3.8, 4) is 0 Å². The van der Waals surface area contributed by atoms with Crippen LogP contribution in [0.25, 0.3) is 10.9 Å². The van der Waals surface area contributed by atoms with Gasteiger partial charge < -0.3 is 10.7 Å². The molecular formula is C15H11ClN2O. The zero-order valence-corrected chi connectivity index (χ0v) is 10.7. The van der Waals surface area contributed by atoms with E-state index in [0.29, 0.717) is 22.0 Å². The molecule has 0 saturated carbocycles. The number of anilines is 1. The van der Waals surface area contributed by atoms with Gasteiger partial charge in [-0.2, -0.15) is 0 Å². The number of ketones is 1. The van der Waals surface area contributed by atoms with E-state index in [2.05, 4.69) is 4.98 Å². The van der Waals surface area contributed by atoms with Crippen LogP contribution < -0.4 is 5.73 Å². The highest BCUT2D eigenvalue weighted by atomic mass is 35.5. The van der Waals surface area contributed by atoms with Crippen molar-refractivity contribution in [1.29, 1.82) is 0 Å². The molecule has 0 spiro atoms. The van der Waals surface area contributed by atoms with Gasteiger partial charge >= 0.3 is 0 Å². The molecule has 0 fully saturated rings. The monoisotopic (exact) mass is 270 g/mol. The minimum Gasteiger partial charge on any atom is -0.396 e. The Hall–Kier alpha value is -2.26. The van der Waals surface area contributed by atoms with Gasteiger partial charge in [-0.3, -0.25) is 4.79 Å². The summed E-state index contributed by atoms with van der Waals surface area (Å²) in [5.41, 5.74) is 8.35. The van der Waals surface area contributed by atoms with Crippen LogP contribution in [0.1, 0.15) is 16.1 Å². The van der Waals surface area contributed by atoms with Crippen LogP contribution in [-0.4, -0.2) is 10.8 Å². The van der Waals surface area contributed by atoms with Crippen molar-refractivity contribution in [2.24, 2.45) is 0 Å². The number of nitrogens with one attached hydrogen (secondary N) is 1. The molecule has 1 aromatic heterocycles. The van der Waals surface area contributed by atoms with E-state index in [1.807, 2.05) is 24.3 Å². The lowest BCUT2D eigenvalue weighted by atomic mass is 10.1. The van der Waals surface area contributed by atoms with E-state index < -0.39 is 0 Å². The summed E-state index contributed by atoms with van der Waals surface area (Å²) in [5.74, 6) is -0.134. The predicted molar refractivity (Wildman–Crippen MR) is 77.6 cm³/mol. The number of nitrogens with two attached hydrogens (primary N) is 1. The second-order valence-electron chi connectivity index (χ2n) is 4.30. The van der Waals surface area contributed by atoms with Gasteiger partial charge in [0.05, 0.1) is 5.69 Å². The Morgan fingerprint density at radius 1 is 1.05 bits per heavy atom. The van der Waals surface area contributed by atoms with Gasteiger partial charge in [0, 0.05) is 21.5 Å². The SMILES string of the molecule is Nc1c(C(=O)c2ccc(Cl)cc2)[nH]c2ccccc12. The molecule has 3 aromatic rings. The van der Waals surface area contributed by atoms with Crippen molar-refractivity contribution < 1.29 is 4.79 Å². The molecule has 0 aliphatic heterocycles. The van der Waals surface area contributed by atoms with Gasteiger partial charge in [-0.25, -0.2) is 0 Å². The molecule has 0 radical (unpaired) electrons. The first kappa shape index (κ1) is 11.8. The lowest BCUT2D eigenvalue weighted by Crippen LogP contribution is -2.04. The Morgan fingerprint density at radius 3 is 2.42 bits per heavy atom. The average molecular weight is 271 g/mol. The molecule has 4 heteroatoms. The van der Waals surface area contributed by atoms with Crippen molar-refractivity contribution in [2.45, 2.75) is 0 Å². The molecule has 1 heterocycles. The Balaban J connectivity index is 2.11. The molecule has 3 N–H and O–H groups in total. The Morgan fingerprint density at radius 2 is 1.74 bits per heavy atom. The van der Waals surface area contributed by atoms with Crippen LogP contribution >= 0.6 is 11.6 Å². The maximum absolute atomic E-state index is 12.4. The van der Waals surface area contributed by atoms with E-state index in [4.69, 9.17) is 17.3 Å². The second kappa shape index (κ2) is 4.44. The van der Waals surface area contributed by atoms with E-state index in [9.17, 15) is 4.79 Å². The number of carbonyl (C=O) groups excluding carboxylic acids is 1. The van der Waals surface area contributed by atoms with E-state index >= 15 is 0 Å². The summed E-state index contributed by atoms with van der Waals surface area (Å²) in [7, 11) is 0. The number of hydrogen-bond acceptors (Lipinski definition) is 2. The number of aromatic amines is 1. The number of halogens is 1. The zero-order chi connectivity index (χ0) is 13.4. The summed E-state index contributed by atoms with van der Waals surface area (Å²) >= 11 is 5.81. The molecule has 94 valence electrons. The van der Waals surface area contributed by atoms with Gasteiger partial charge in [0.2, 0.25) is 5.78 Å². The van der Waals surface area contributed by atoms with Crippen LogP contribution in [0.5, 0.6) is 0 Å². The molecule has 0 atom stereocenters. The number of fused-ring (bicyclic) bond motifs is 1. The van der Waals surface area contributed by atoms with Crippen molar-refractivity contribution in [3.63, 3.8) is 0 Å². The Kier molecular flexibility index (Phi) is 2.76. The normalized spacial score (nSPS) is 10.8. The third-order valence-electron chi connectivity index (χ3n) is 3.08. The Labute approximate surface area is 115 Å². The van der Waals surface area contributed by atoms with Crippen LogP contribution in [0.15, 0.2) is 48.5 Å². The predicted octanol–water partition coefficient (Wildman–Crippen LogP) is 3.63. The highest BCUT2D eigenvalue weighted by Crippen LogP contribution is 2.26. The van der Waals surface area contributed by atoms with E-state index in [1.54, 1.807) is 24.3 Å². The topological polar surface area (TPSA) is 58.9 Å². The molecule has 3 rings (SSSR count). The maximum atomic E-state index is 12.4. The summed E-state index contributed by atoms with van der Waals surface area (Å²) in [6.07, 6.45) is 0. The summed E-state index contributed by atoms with van der Waals surface area (Å²) in [5, 5.41) is 1.46. The molecular weight excluding hydrogens is 260 g/mol. The van der Waals surface area contributed by atoms with Crippen LogP contribution in [0, 0.1) is 0 Å².